The zero-order valence-corrected chi connectivity index (χ0v) is 39.2. The van der Waals surface area contributed by atoms with E-state index in [9.17, 15) is 4.79 Å². The van der Waals surface area contributed by atoms with Gasteiger partial charge in [-0.1, -0.05) is 96.6 Å². The second-order valence-corrected chi connectivity index (χ2v) is 16.6. The molecular weight excluding hydrogens is 866 g/mol. The number of carbonyl (C=O) groups is 1. The van der Waals surface area contributed by atoms with Gasteiger partial charge in [0.15, 0.2) is 5.60 Å². The molecule has 0 spiro atoms. The average Bonchev–Trinajstić information content (AvgIpc) is 3.57. The molecule has 6 rings (SSSR count). The number of halogens is 4. The first-order valence-corrected chi connectivity index (χ1v) is 22.1. The lowest BCUT2D eigenvalue weighted by molar-refractivity contribution is 0.0300. The van der Waals surface area contributed by atoms with Gasteiger partial charge in [-0.25, -0.2) is 4.79 Å². The summed E-state index contributed by atoms with van der Waals surface area (Å²) in [6.45, 7) is 13.4. The van der Waals surface area contributed by atoms with Crippen LogP contribution in [-0.4, -0.2) is 45.9 Å². The summed E-state index contributed by atoms with van der Waals surface area (Å²) in [7, 11) is 3.24. The Morgan fingerprint density at radius 3 is 1.42 bits per heavy atom. The van der Waals surface area contributed by atoms with Crippen LogP contribution in [0.2, 0.25) is 20.1 Å². The molecule has 0 aromatic heterocycles. The van der Waals surface area contributed by atoms with E-state index in [1.165, 1.54) is 0 Å². The Hall–Kier alpha value is -4.67. The minimum atomic E-state index is -1.70. The summed E-state index contributed by atoms with van der Waals surface area (Å²) in [5, 5.41) is 6.87. The number of hydrogen-bond donors (Lipinski definition) is 2. The predicted octanol–water partition coefficient (Wildman–Crippen LogP) is 13.9. The summed E-state index contributed by atoms with van der Waals surface area (Å²) < 4.78 is 29.6. The highest BCUT2D eigenvalue weighted by atomic mass is 35.5. The number of aryl methyl sites for hydroxylation is 2. The molecule has 0 saturated carbocycles. The number of methoxy groups -OCH3 is 2. The second kappa shape index (κ2) is 20.7. The average molecular weight is 919 g/mol. The fourth-order valence-electron chi connectivity index (χ4n) is 7.42. The van der Waals surface area contributed by atoms with Gasteiger partial charge in [-0.3, -0.25) is 0 Å². The van der Waals surface area contributed by atoms with Crippen molar-refractivity contribution in [2.75, 3.05) is 38.1 Å². The Morgan fingerprint density at radius 1 is 0.629 bits per heavy atom. The predicted molar refractivity (Wildman–Crippen MR) is 255 cm³/mol. The third kappa shape index (κ3) is 10.2. The van der Waals surface area contributed by atoms with E-state index < -0.39 is 11.6 Å². The number of cyclic esters (lactones) is 1. The van der Waals surface area contributed by atoms with Crippen LogP contribution in [0.5, 0.6) is 11.5 Å². The number of benzene rings is 5. The van der Waals surface area contributed by atoms with Crippen molar-refractivity contribution in [1.82, 2.24) is 0 Å². The molecule has 12 heteroatoms. The molecule has 2 N–H and O–H groups in total. The fraction of sp³-hybridized carbons (Fsp3) is 0.300. The number of fused-ring (bicyclic) bond motifs is 1. The van der Waals surface area contributed by atoms with Crippen LogP contribution in [0.25, 0.3) is 11.1 Å². The van der Waals surface area contributed by atoms with Crippen molar-refractivity contribution in [1.29, 1.82) is 0 Å². The fourth-order valence-corrected chi connectivity index (χ4v) is 8.50. The molecule has 5 aromatic carbocycles. The molecule has 0 saturated heterocycles. The highest BCUT2D eigenvalue weighted by Gasteiger charge is 2.48. The zero-order chi connectivity index (χ0) is 44.7. The SMILES string of the molecule is CCCOC(C)Nc1ccc(/C(=C/C2(/C=C(\c3ccc(OC)cc3)c3ccc(NC(C)OCCC)c(C)c3)OC(=O)c3c(Cl)c(Cl)c(Cl)c(Cl)c32)c2ccc(OC)cc2)cc1C. The van der Waals surface area contributed by atoms with Crippen LogP contribution in [0, 0.1) is 13.8 Å². The van der Waals surface area contributed by atoms with Gasteiger partial charge in [0.05, 0.1) is 39.9 Å². The third-order valence-corrected chi connectivity index (χ3v) is 12.4. The smallest absolute Gasteiger partial charge is 0.341 e. The van der Waals surface area contributed by atoms with Crippen LogP contribution in [0.1, 0.15) is 89.8 Å². The first-order valence-electron chi connectivity index (χ1n) is 20.6. The maximum absolute atomic E-state index is 14.3. The number of ether oxygens (including phenoxy) is 5. The van der Waals surface area contributed by atoms with Crippen LogP contribution in [-0.2, 0) is 19.8 Å². The number of hydrogen-bond acceptors (Lipinski definition) is 8. The molecule has 2 unspecified atom stereocenters. The molecule has 326 valence electrons. The van der Waals surface area contributed by atoms with Crippen molar-refractivity contribution < 1.29 is 28.5 Å². The van der Waals surface area contributed by atoms with E-state index in [2.05, 4.69) is 36.6 Å². The third-order valence-electron chi connectivity index (χ3n) is 10.6. The lowest BCUT2D eigenvalue weighted by Crippen LogP contribution is -2.23. The number of nitrogens with one attached hydrogen (secondary N) is 2. The molecule has 1 heterocycles. The normalized spacial score (nSPS) is 16.1. The topological polar surface area (TPSA) is 87.3 Å². The van der Waals surface area contributed by atoms with Gasteiger partial charge >= 0.3 is 5.97 Å². The first-order chi connectivity index (χ1) is 29.7. The molecular formula is C50H52Cl4N2O6. The van der Waals surface area contributed by atoms with Gasteiger partial charge in [0.1, 0.15) is 24.0 Å². The van der Waals surface area contributed by atoms with E-state index in [1.807, 2.05) is 113 Å². The van der Waals surface area contributed by atoms with E-state index in [0.29, 0.717) is 24.7 Å². The molecule has 0 radical (unpaired) electrons. The largest absolute Gasteiger partial charge is 0.497 e. The van der Waals surface area contributed by atoms with Gasteiger partial charge in [0.2, 0.25) is 0 Å². The monoisotopic (exact) mass is 916 g/mol. The summed E-state index contributed by atoms with van der Waals surface area (Å²) in [6.07, 6.45) is 5.21. The van der Waals surface area contributed by atoms with Crippen molar-refractivity contribution in [3.8, 4) is 11.5 Å². The van der Waals surface area contributed by atoms with E-state index in [4.69, 9.17) is 70.1 Å². The quantitative estimate of drug-likeness (QED) is 0.0389. The molecule has 8 nitrogen and oxygen atoms in total. The molecule has 2 atom stereocenters. The van der Waals surface area contributed by atoms with E-state index in [1.54, 1.807) is 14.2 Å². The number of carbonyl (C=O) groups excluding carboxylic acids is 1. The lowest BCUT2D eigenvalue weighted by atomic mass is 9.82. The van der Waals surface area contributed by atoms with Crippen LogP contribution in [0.4, 0.5) is 11.4 Å². The van der Waals surface area contributed by atoms with Crippen LogP contribution in [0.15, 0.2) is 97.1 Å². The van der Waals surface area contributed by atoms with E-state index >= 15 is 0 Å². The molecule has 0 bridgehead atoms. The summed E-state index contributed by atoms with van der Waals surface area (Å²) in [4.78, 5) is 14.3. The Labute approximate surface area is 385 Å². The van der Waals surface area contributed by atoms with Crippen molar-refractivity contribution in [3.05, 3.63) is 162 Å². The Kier molecular flexibility index (Phi) is 15.6. The van der Waals surface area contributed by atoms with Crippen LogP contribution in [0.3, 0.4) is 0 Å². The highest BCUT2D eigenvalue weighted by Crippen LogP contribution is 2.54. The minimum Gasteiger partial charge on any atom is -0.497 e. The second-order valence-electron chi connectivity index (χ2n) is 15.1. The van der Waals surface area contributed by atoms with Crippen molar-refractivity contribution >= 4 is 74.9 Å². The molecule has 1 aliphatic rings. The molecule has 0 amide bonds. The molecule has 0 aliphatic carbocycles. The van der Waals surface area contributed by atoms with E-state index in [0.717, 1.165) is 68.7 Å². The minimum absolute atomic E-state index is 0.00470. The van der Waals surface area contributed by atoms with Gasteiger partial charge in [0.25, 0.3) is 0 Å². The van der Waals surface area contributed by atoms with Crippen LogP contribution >= 0.6 is 46.4 Å². The first kappa shape index (κ1) is 46.8. The maximum atomic E-state index is 14.3. The van der Waals surface area contributed by atoms with Gasteiger partial charge < -0.3 is 34.3 Å². The van der Waals surface area contributed by atoms with Crippen molar-refractivity contribution in [2.45, 2.75) is 72.4 Å². The number of esters is 1. The summed E-state index contributed by atoms with van der Waals surface area (Å²) >= 11 is 27.6. The highest BCUT2D eigenvalue weighted by molar-refractivity contribution is 6.53. The Bertz CT molecular complexity index is 2340. The van der Waals surface area contributed by atoms with Crippen LogP contribution < -0.4 is 20.1 Å². The molecule has 1 aliphatic heterocycles. The molecule has 5 aromatic rings. The zero-order valence-electron chi connectivity index (χ0n) is 36.2. The van der Waals surface area contributed by atoms with Crippen molar-refractivity contribution in [2.24, 2.45) is 0 Å². The Balaban J connectivity index is 1.67. The van der Waals surface area contributed by atoms with Gasteiger partial charge in [0, 0.05) is 30.2 Å². The number of anilines is 2. The maximum Gasteiger partial charge on any atom is 0.341 e. The summed E-state index contributed by atoms with van der Waals surface area (Å²) in [5.41, 5.74) is 7.06. The van der Waals surface area contributed by atoms with Crippen molar-refractivity contribution in [3.63, 3.8) is 0 Å². The summed E-state index contributed by atoms with van der Waals surface area (Å²) in [6, 6.07) is 27.6. The van der Waals surface area contributed by atoms with Gasteiger partial charge in [-0.2, -0.15) is 0 Å². The Morgan fingerprint density at radius 2 is 1.03 bits per heavy atom. The molecule has 62 heavy (non-hydrogen) atoms. The van der Waals surface area contributed by atoms with Gasteiger partial charge in [-0.15, -0.1) is 0 Å². The van der Waals surface area contributed by atoms with Gasteiger partial charge in [-0.05, 0) is 146 Å². The number of rotatable bonds is 18. The molecule has 0 fully saturated rings. The van der Waals surface area contributed by atoms with E-state index in [-0.39, 0.29) is 43.7 Å². The lowest BCUT2D eigenvalue weighted by Gasteiger charge is -2.28. The summed E-state index contributed by atoms with van der Waals surface area (Å²) in [5.74, 6) is 0.638. The standard InChI is InChI=1S/C50H52Cl4N2O6/c1-9-23-60-31(5)55-41-21-15-35(25-29(41)3)39(33-11-17-37(58-7)18-12-33)27-50(44-43(49(57)62-50)45(51)47(53)48(54)46(44)52)28-40(34-13-19-38(59-8)20-14-34)36-16-22-42(30(4)26-36)56-32(6)61-24-10-2/h11-22,25-28,31-32,55-56H,9-10,23-24H2,1-8H3/b39-27+,40-28+.